The lowest BCUT2D eigenvalue weighted by molar-refractivity contribution is -0.119. The maximum absolute atomic E-state index is 11.6. The van der Waals surface area contributed by atoms with Crippen molar-refractivity contribution in [1.82, 2.24) is 0 Å². The van der Waals surface area contributed by atoms with Crippen LogP contribution in [0.25, 0.3) is 0 Å². The van der Waals surface area contributed by atoms with Crippen LogP contribution in [0.2, 0.25) is 0 Å². The van der Waals surface area contributed by atoms with Gasteiger partial charge in [0.15, 0.2) is 0 Å². The first kappa shape index (κ1) is 23.4. The largest absolute Gasteiger partial charge is 0.300 e. The predicted octanol–water partition coefficient (Wildman–Crippen LogP) is 7.52. The number of unbranched alkanes of at least 4 members (excludes halogenated alkanes) is 1. The fourth-order valence-electron chi connectivity index (χ4n) is 2.34. The lowest BCUT2D eigenvalue weighted by Crippen LogP contribution is -2.01. The maximum atomic E-state index is 11.6. The molecule has 0 aliphatic carbocycles. The average Bonchev–Trinajstić information content (AvgIpc) is 2.57. The second-order valence-corrected chi connectivity index (χ2v) is 6.74. The summed E-state index contributed by atoms with van der Waals surface area (Å²) < 4.78 is 0. The Labute approximate surface area is 156 Å². The van der Waals surface area contributed by atoms with Gasteiger partial charge in [0.25, 0.3) is 0 Å². The van der Waals surface area contributed by atoms with Crippen molar-refractivity contribution in [2.45, 2.75) is 78.6 Å². The number of ketones is 1. The van der Waals surface area contributed by atoms with E-state index in [4.69, 9.17) is 0 Å². The molecule has 1 nitrogen and oxygen atoms in total. The van der Waals surface area contributed by atoms with Crippen molar-refractivity contribution in [3.63, 3.8) is 0 Å². The molecule has 140 valence electrons. The van der Waals surface area contributed by atoms with Gasteiger partial charge in [0.1, 0.15) is 5.78 Å². The molecule has 0 unspecified atom stereocenters. The molecule has 0 amide bonds. The van der Waals surface area contributed by atoms with Crippen LogP contribution < -0.4 is 0 Å². The van der Waals surface area contributed by atoms with E-state index < -0.39 is 0 Å². The van der Waals surface area contributed by atoms with Crippen LogP contribution in [0.5, 0.6) is 0 Å². The number of carbonyl (C=O) groups is 1. The Morgan fingerprint density at radius 1 is 0.720 bits per heavy atom. The Morgan fingerprint density at radius 2 is 1.16 bits per heavy atom. The second-order valence-electron chi connectivity index (χ2n) is 6.74. The smallest absolute Gasteiger partial charge is 0.133 e. The molecule has 1 heteroatoms. The van der Waals surface area contributed by atoms with Gasteiger partial charge in [0.2, 0.25) is 0 Å². The van der Waals surface area contributed by atoms with Crippen LogP contribution in [0.1, 0.15) is 78.6 Å². The van der Waals surface area contributed by atoms with Crippen LogP contribution in [-0.4, -0.2) is 5.78 Å². The lowest BCUT2D eigenvalue weighted by atomic mass is 10.0. The van der Waals surface area contributed by atoms with Crippen molar-refractivity contribution in [3.05, 3.63) is 60.8 Å². The van der Waals surface area contributed by atoms with Crippen LogP contribution in [0.3, 0.4) is 0 Å². The van der Waals surface area contributed by atoms with Crippen molar-refractivity contribution < 1.29 is 4.79 Å². The first-order valence-corrected chi connectivity index (χ1v) is 9.93. The highest BCUT2D eigenvalue weighted by molar-refractivity contribution is 5.78. The van der Waals surface area contributed by atoms with Gasteiger partial charge in [-0.05, 0) is 50.9 Å². The molecule has 0 bridgehead atoms. The van der Waals surface area contributed by atoms with Gasteiger partial charge in [-0.2, -0.15) is 0 Å². The summed E-state index contributed by atoms with van der Waals surface area (Å²) in [5, 5.41) is 0. The van der Waals surface area contributed by atoms with Gasteiger partial charge in [-0.3, -0.25) is 4.79 Å². The van der Waals surface area contributed by atoms with Gasteiger partial charge in [-0.25, -0.2) is 0 Å². The molecule has 25 heavy (non-hydrogen) atoms. The second kappa shape index (κ2) is 18.7. The molecule has 0 N–H and O–H groups in total. The molecule has 0 radical (unpaired) electrons. The highest BCUT2D eigenvalue weighted by Gasteiger charge is 2.03. The first-order chi connectivity index (χ1) is 12.2. The molecule has 0 atom stereocenters. The zero-order valence-corrected chi connectivity index (χ0v) is 16.6. The third kappa shape index (κ3) is 20.3. The molecule has 0 aromatic heterocycles. The summed E-state index contributed by atoms with van der Waals surface area (Å²) >= 11 is 0. The van der Waals surface area contributed by atoms with Crippen molar-refractivity contribution >= 4 is 5.78 Å². The number of rotatable bonds is 15. The Morgan fingerprint density at radius 3 is 1.60 bits per heavy atom. The summed E-state index contributed by atoms with van der Waals surface area (Å²) in [4.78, 5) is 11.6. The minimum Gasteiger partial charge on any atom is -0.300 e. The SMILES string of the molecule is CC/C=C\C/C=C\C/C=C\C/C=C\C/C=C\CCCC(=O)CC(C)C. The molecular formula is C24H38O. The van der Waals surface area contributed by atoms with Gasteiger partial charge < -0.3 is 0 Å². The van der Waals surface area contributed by atoms with Crippen LogP contribution in [0.4, 0.5) is 0 Å². The van der Waals surface area contributed by atoms with Crippen molar-refractivity contribution in [1.29, 1.82) is 0 Å². The van der Waals surface area contributed by atoms with Crippen LogP contribution >= 0.6 is 0 Å². The average molecular weight is 343 g/mol. The number of hydrogen-bond donors (Lipinski definition) is 0. The van der Waals surface area contributed by atoms with Gasteiger partial charge in [-0.15, -0.1) is 0 Å². The first-order valence-electron chi connectivity index (χ1n) is 9.93. The van der Waals surface area contributed by atoms with E-state index in [1.807, 2.05) is 0 Å². The zero-order chi connectivity index (χ0) is 18.6. The maximum Gasteiger partial charge on any atom is 0.133 e. The van der Waals surface area contributed by atoms with E-state index in [2.05, 4.69) is 81.5 Å². The topological polar surface area (TPSA) is 17.1 Å². The number of allylic oxidation sites excluding steroid dienone is 10. The molecule has 0 saturated heterocycles. The van der Waals surface area contributed by atoms with E-state index in [1.54, 1.807) is 0 Å². The highest BCUT2D eigenvalue weighted by Crippen LogP contribution is 2.06. The fraction of sp³-hybridized carbons (Fsp3) is 0.542. The van der Waals surface area contributed by atoms with E-state index >= 15 is 0 Å². The predicted molar refractivity (Wildman–Crippen MR) is 113 cm³/mol. The molecular weight excluding hydrogens is 304 g/mol. The number of carbonyl (C=O) groups excluding carboxylic acids is 1. The minimum absolute atomic E-state index is 0.405. The van der Waals surface area contributed by atoms with Crippen LogP contribution in [0.15, 0.2) is 60.8 Å². The minimum atomic E-state index is 0.405. The Balaban J connectivity index is 3.52. The summed E-state index contributed by atoms with van der Waals surface area (Å²) in [5.41, 5.74) is 0. The summed E-state index contributed by atoms with van der Waals surface area (Å²) in [6.45, 7) is 6.36. The molecule has 0 fully saturated rings. The summed E-state index contributed by atoms with van der Waals surface area (Å²) in [7, 11) is 0. The third-order valence-electron chi connectivity index (χ3n) is 3.62. The van der Waals surface area contributed by atoms with Crippen molar-refractivity contribution in [2.24, 2.45) is 5.92 Å². The fourth-order valence-corrected chi connectivity index (χ4v) is 2.34. The van der Waals surface area contributed by atoms with Crippen molar-refractivity contribution in [3.8, 4) is 0 Å². The summed E-state index contributed by atoms with van der Waals surface area (Å²) in [6, 6.07) is 0. The van der Waals surface area contributed by atoms with E-state index in [1.165, 1.54) is 0 Å². The van der Waals surface area contributed by atoms with Gasteiger partial charge >= 0.3 is 0 Å². The van der Waals surface area contributed by atoms with Gasteiger partial charge in [0, 0.05) is 12.8 Å². The van der Waals surface area contributed by atoms with Crippen LogP contribution in [0, 0.1) is 5.92 Å². The molecule has 0 heterocycles. The van der Waals surface area contributed by atoms with Gasteiger partial charge in [-0.1, -0.05) is 81.5 Å². The van der Waals surface area contributed by atoms with Crippen molar-refractivity contribution in [2.75, 3.05) is 0 Å². The summed E-state index contributed by atoms with van der Waals surface area (Å²) in [6.07, 6.45) is 30.7. The molecule has 0 aliphatic heterocycles. The van der Waals surface area contributed by atoms with E-state index in [-0.39, 0.29) is 0 Å². The molecule has 0 rings (SSSR count). The summed E-state index contributed by atoms with van der Waals surface area (Å²) in [5.74, 6) is 0.892. The van der Waals surface area contributed by atoms with E-state index in [9.17, 15) is 4.79 Å². The molecule has 0 aromatic carbocycles. The standard InChI is InChI=1S/C24H38O/c1-4-5-6-7-8-9-10-11-12-13-14-15-16-17-18-19-20-21-24(25)22-23(2)3/h5-6,8-9,11-12,14-15,17-18,23H,4,7,10,13,16,19-22H2,1-3H3/b6-5-,9-8-,12-11-,15-14-,18-17-. The zero-order valence-electron chi connectivity index (χ0n) is 16.6. The Kier molecular flexibility index (Phi) is 17.5. The lowest BCUT2D eigenvalue weighted by Gasteiger charge is -2.02. The normalized spacial score (nSPS) is 13.0. The van der Waals surface area contributed by atoms with E-state index in [0.717, 1.165) is 57.8 Å². The number of hydrogen-bond acceptors (Lipinski definition) is 1. The number of Topliss-reactive ketones (excluding diaryl/α,β-unsaturated/α-hetero) is 1. The molecule has 0 aromatic rings. The quantitative estimate of drug-likeness (QED) is 0.222. The monoisotopic (exact) mass is 342 g/mol. The molecule has 0 spiro atoms. The third-order valence-corrected chi connectivity index (χ3v) is 3.62. The molecule has 0 saturated carbocycles. The highest BCUT2D eigenvalue weighted by atomic mass is 16.1. The van der Waals surface area contributed by atoms with E-state index in [0.29, 0.717) is 11.7 Å². The van der Waals surface area contributed by atoms with Crippen LogP contribution in [-0.2, 0) is 4.79 Å². The Bertz CT molecular complexity index is 447. The Hall–Kier alpha value is -1.63. The van der Waals surface area contributed by atoms with Gasteiger partial charge in [0.05, 0.1) is 0 Å². The molecule has 0 aliphatic rings.